The molecule has 22 heavy (non-hydrogen) atoms. The largest absolute Gasteiger partial charge is 0.477 e. The van der Waals surface area contributed by atoms with Crippen molar-refractivity contribution in [1.29, 1.82) is 0 Å². The standard InChI is InChI=1S/C16H31FN2O3/c1-4-8-14(17)9-5-6-10-15(20)18-11-7-12-19(2,3)13-16(21)22/h14H,4-13H2,1-3H3,(H-,18,20,21,22)/p+1. The Morgan fingerprint density at radius 2 is 1.86 bits per heavy atom. The van der Waals surface area contributed by atoms with Crippen molar-refractivity contribution in [2.24, 2.45) is 0 Å². The number of alkyl halides is 1. The highest BCUT2D eigenvalue weighted by Gasteiger charge is 2.18. The summed E-state index contributed by atoms with van der Waals surface area (Å²) in [5, 5.41) is 11.6. The van der Waals surface area contributed by atoms with Gasteiger partial charge in [-0.1, -0.05) is 19.8 Å². The molecule has 0 heterocycles. The molecule has 0 fully saturated rings. The number of unbranched alkanes of at least 4 members (excludes halogenated alkanes) is 1. The highest BCUT2D eigenvalue weighted by atomic mass is 19.1. The first kappa shape index (κ1) is 20.8. The molecule has 0 bridgehead atoms. The van der Waals surface area contributed by atoms with Crippen molar-refractivity contribution in [3.05, 3.63) is 0 Å². The number of rotatable bonds is 13. The third-order valence-corrected chi connectivity index (χ3v) is 3.60. The topological polar surface area (TPSA) is 66.4 Å². The van der Waals surface area contributed by atoms with Crippen LogP contribution in [0.2, 0.25) is 0 Å². The van der Waals surface area contributed by atoms with E-state index in [2.05, 4.69) is 5.32 Å². The summed E-state index contributed by atoms with van der Waals surface area (Å²) in [4.78, 5) is 22.3. The highest BCUT2D eigenvalue weighted by molar-refractivity contribution is 5.75. The lowest BCUT2D eigenvalue weighted by Crippen LogP contribution is -2.45. The van der Waals surface area contributed by atoms with Crippen LogP contribution in [0.1, 0.15) is 51.9 Å². The zero-order valence-corrected chi connectivity index (χ0v) is 14.2. The minimum absolute atomic E-state index is 0.00515. The molecule has 6 heteroatoms. The lowest BCUT2D eigenvalue weighted by atomic mass is 10.1. The van der Waals surface area contributed by atoms with Gasteiger partial charge in [0.25, 0.3) is 0 Å². The van der Waals surface area contributed by atoms with E-state index in [-0.39, 0.29) is 12.5 Å². The summed E-state index contributed by atoms with van der Waals surface area (Å²) < 4.78 is 13.6. The Morgan fingerprint density at radius 3 is 2.45 bits per heavy atom. The Morgan fingerprint density at radius 1 is 1.18 bits per heavy atom. The van der Waals surface area contributed by atoms with Gasteiger partial charge in [-0.2, -0.15) is 0 Å². The van der Waals surface area contributed by atoms with Gasteiger partial charge >= 0.3 is 5.97 Å². The number of nitrogens with one attached hydrogen (secondary N) is 1. The average Bonchev–Trinajstić information content (AvgIpc) is 2.38. The summed E-state index contributed by atoms with van der Waals surface area (Å²) in [6.45, 7) is 3.31. The molecule has 0 saturated heterocycles. The number of halogens is 1. The molecule has 1 atom stereocenters. The average molecular weight is 319 g/mol. The minimum atomic E-state index is -0.816. The van der Waals surface area contributed by atoms with E-state index in [1.165, 1.54) is 0 Å². The van der Waals surface area contributed by atoms with Crippen molar-refractivity contribution in [1.82, 2.24) is 5.32 Å². The highest BCUT2D eigenvalue weighted by Crippen LogP contribution is 2.11. The number of amides is 1. The van der Waals surface area contributed by atoms with Crippen molar-refractivity contribution in [2.75, 3.05) is 33.7 Å². The second kappa shape index (κ2) is 11.4. The van der Waals surface area contributed by atoms with E-state index in [9.17, 15) is 14.0 Å². The van der Waals surface area contributed by atoms with E-state index in [0.717, 1.165) is 25.7 Å². The molecule has 0 spiro atoms. The summed E-state index contributed by atoms with van der Waals surface area (Å²) in [5.41, 5.74) is 0. The number of carboxylic acid groups (broad SMARTS) is 1. The molecule has 2 N–H and O–H groups in total. The van der Waals surface area contributed by atoms with Gasteiger partial charge in [0.05, 0.1) is 20.6 Å². The number of nitrogens with zero attached hydrogens (tertiary/aromatic N) is 1. The van der Waals surface area contributed by atoms with Crippen LogP contribution >= 0.6 is 0 Å². The molecule has 0 rings (SSSR count). The molecule has 0 saturated carbocycles. The maximum Gasteiger partial charge on any atom is 0.359 e. The molecule has 0 aliphatic rings. The Hall–Kier alpha value is -1.17. The van der Waals surface area contributed by atoms with Crippen molar-refractivity contribution < 1.29 is 23.6 Å². The van der Waals surface area contributed by atoms with Crippen molar-refractivity contribution >= 4 is 11.9 Å². The van der Waals surface area contributed by atoms with Gasteiger partial charge in [-0.25, -0.2) is 9.18 Å². The second-order valence-corrected chi connectivity index (χ2v) is 6.55. The van der Waals surface area contributed by atoms with Gasteiger partial charge in [-0.3, -0.25) is 4.79 Å². The van der Waals surface area contributed by atoms with Gasteiger partial charge in [-0.05, 0) is 19.3 Å². The fourth-order valence-corrected chi connectivity index (χ4v) is 2.38. The number of carbonyl (C=O) groups excluding carboxylic acids is 1. The number of hydrogen-bond donors (Lipinski definition) is 2. The molecule has 0 radical (unpaired) electrons. The molecule has 0 aliphatic heterocycles. The first-order valence-electron chi connectivity index (χ1n) is 8.21. The van der Waals surface area contributed by atoms with E-state index in [1.807, 2.05) is 21.0 Å². The van der Waals surface area contributed by atoms with Crippen LogP contribution in [0.4, 0.5) is 4.39 Å². The van der Waals surface area contributed by atoms with Crippen molar-refractivity contribution in [2.45, 2.75) is 58.0 Å². The van der Waals surface area contributed by atoms with Crippen LogP contribution in [0.15, 0.2) is 0 Å². The van der Waals surface area contributed by atoms with Gasteiger partial charge in [0, 0.05) is 19.4 Å². The normalized spacial score (nSPS) is 12.9. The SMILES string of the molecule is CCCC(F)CCCCC(=O)NCCC[N+](C)(C)CC(=O)O. The van der Waals surface area contributed by atoms with Crippen LogP contribution in [0.25, 0.3) is 0 Å². The van der Waals surface area contributed by atoms with Crippen molar-refractivity contribution in [3.8, 4) is 0 Å². The molecular weight excluding hydrogens is 287 g/mol. The number of aliphatic carboxylic acids is 1. The molecular formula is C16H32FN2O3+. The number of hydrogen-bond acceptors (Lipinski definition) is 2. The minimum Gasteiger partial charge on any atom is -0.477 e. The molecule has 130 valence electrons. The van der Waals surface area contributed by atoms with Gasteiger partial charge in [-0.15, -0.1) is 0 Å². The smallest absolute Gasteiger partial charge is 0.359 e. The van der Waals surface area contributed by atoms with Gasteiger partial charge in [0.2, 0.25) is 5.91 Å². The van der Waals surface area contributed by atoms with Crippen LogP contribution in [0.5, 0.6) is 0 Å². The molecule has 0 aromatic carbocycles. The fourth-order valence-electron chi connectivity index (χ4n) is 2.38. The van der Waals surface area contributed by atoms with Crippen molar-refractivity contribution in [3.63, 3.8) is 0 Å². The van der Waals surface area contributed by atoms with E-state index in [0.29, 0.717) is 36.8 Å². The van der Waals surface area contributed by atoms with Gasteiger partial charge in [0.1, 0.15) is 6.17 Å². The first-order chi connectivity index (χ1) is 10.3. The van der Waals surface area contributed by atoms with E-state index < -0.39 is 12.1 Å². The van der Waals surface area contributed by atoms with Crippen LogP contribution in [0.3, 0.4) is 0 Å². The number of likely N-dealkylation sites (N-methyl/N-ethyl adjacent to an activating group) is 1. The van der Waals surface area contributed by atoms with E-state index in [1.54, 1.807) is 0 Å². The molecule has 1 unspecified atom stereocenters. The van der Waals surface area contributed by atoms with Gasteiger partial charge in [0.15, 0.2) is 6.54 Å². The molecule has 5 nitrogen and oxygen atoms in total. The third-order valence-electron chi connectivity index (χ3n) is 3.60. The lowest BCUT2D eigenvalue weighted by molar-refractivity contribution is -0.883. The van der Waals surface area contributed by atoms with Crippen LogP contribution in [0, 0.1) is 0 Å². The van der Waals surface area contributed by atoms with Gasteiger partial charge < -0.3 is 14.9 Å². The Kier molecular flexibility index (Phi) is 10.8. The molecule has 0 aromatic heterocycles. The third kappa shape index (κ3) is 12.6. The molecule has 1 amide bonds. The zero-order chi connectivity index (χ0) is 17.0. The lowest BCUT2D eigenvalue weighted by Gasteiger charge is -2.27. The maximum absolute atomic E-state index is 13.2. The molecule has 0 aromatic rings. The summed E-state index contributed by atoms with van der Waals surface area (Å²) in [6.07, 6.45) is 3.92. The number of carbonyl (C=O) groups is 2. The Balaban J connectivity index is 3.60. The predicted molar refractivity (Wildman–Crippen MR) is 85.4 cm³/mol. The number of carboxylic acids is 1. The van der Waals surface area contributed by atoms with E-state index >= 15 is 0 Å². The summed E-state index contributed by atoms with van der Waals surface area (Å²) in [6, 6.07) is 0. The Bertz CT molecular complexity index is 335. The Labute approximate surface area is 133 Å². The zero-order valence-electron chi connectivity index (χ0n) is 14.2. The predicted octanol–water partition coefficient (Wildman–Crippen LogP) is 2.35. The molecule has 0 aliphatic carbocycles. The maximum atomic E-state index is 13.2. The fraction of sp³-hybridized carbons (Fsp3) is 0.875. The van der Waals surface area contributed by atoms with Crippen LogP contribution < -0.4 is 5.32 Å². The monoisotopic (exact) mass is 319 g/mol. The van der Waals surface area contributed by atoms with E-state index in [4.69, 9.17) is 5.11 Å². The summed E-state index contributed by atoms with van der Waals surface area (Å²) in [5.74, 6) is -0.822. The first-order valence-corrected chi connectivity index (χ1v) is 8.21. The number of quaternary nitrogens is 1. The summed E-state index contributed by atoms with van der Waals surface area (Å²) in [7, 11) is 3.72. The second-order valence-electron chi connectivity index (χ2n) is 6.55. The van der Waals surface area contributed by atoms with Crippen LogP contribution in [-0.4, -0.2) is 61.4 Å². The quantitative estimate of drug-likeness (QED) is 0.404. The summed E-state index contributed by atoms with van der Waals surface area (Å²) >= 11 is 0. The van der Waals surface area contributed by atoms with Crippen LogP contribution in [-0.2, 0) is 9.59 Å².